The van der Waals surface area contributed by atoms with Crippen LogP contribution in [0.2, 0.25) is 0 Å². The molecule has 2 aliphatic rings. The zero-order valence-corrected chi connectivity index (χ0v) is 10.6. The Hall–Kier alpha value is -1.95. The summed E-state index contributed by atoms with van der Waals surface area (Å²) in [6.45, 7) is 2.48. The van der Waals surface area contributed by atoms with Crippen LogP contribution in [0.3, 0.4) is 0 Å². The van der Waals surface area contributed by atoms with Crippen molar-refractivity contribution < 1.29 is 9.59 Å². The van der Waals surface area contributed by atoms with Crippen molar-refractivity contribution in [3.05, 3.63) is 30.1 Å². The third kappa shape index (κ3) is 2.44. The van der Waals surface area contributed by atoms with Crippen LogP contribution in [0, 0.1) is 0 Å². The second kappa shape index (κ2) is 4.97. The van der Waals surface area contributed by atoms with Crippen molar-refractivity contribution in [2.24, 2.45) is 0 Å². The maximum atomic E-state index is 12.1. The predicted octanol–water partition coefficient (Wildman–Crippen LogP) is -0.776. The Kier molecular flexibility index (Phi) is 3.16. The van der Waals surface area contributed by atoms with E-state index in [9.17, 15) is 9.59 Å². The molecule has 2 saturated heterocycles. The van der Waals surface area contributed by atoms with E-state index in [0.717, 1.165) is 12.1 Å². The summed E-state index contributed by atoms with van der Waals surface area (Å²) in [5.41, 5.74) is 1.06. The van der Waals surface area contributed by atoms with Gasteiger partial charge in [0.1, 0.15) is 6.54 Å². The number of nitrogens with zero attached hydrogens (tertiary/aromatic N) is 3. The van der Waals surface area contributed by atoms with E-state index in [1.807, 2.05) is 17.0 Å². The Morgan fingerprint density at radius 1 is 1.26 bits per heavy atom. The maximum Gasteiger partial charge on any atom is 0.242 e. The minimum absolute atomic E-state index is 0.0170. The lowest BCUT2D eigenvalue weighted by molar-refractivity contribution is -0.151. The van der Waals surface area contributed by atoms with Gasteiger partial charge in [0.25, 0.3) is 0 Å². The fourth-order valence-corrected chi connectivity index (χ4v) is 2.60. The summed E-state index contributed by atoms with van der Waals surface area (Å²) in [4.78, 5) is 31.3. The van der Waals surface area contributed by atoms with Gasteiger partial charge in [0, 0.05) is 32.0 Å². The van der Waals surface area contributed by atoms with Crippen molar-refractivity contribution in [1.29, 1.82) is 0 Å². The number of piperazine rings is 2. The summed E-state index contributed by atoms with van der Waals surface area (Å²) in [7, 11) is 0. The Morgan fingerprint density at radius 2 is 2.05 bits per heavy atom. The summed E-state index contributed by atoms with van der Waals surface area (Å²) in [5.74, 6) is 0.0384. The number of hydrogen-bond acceptors (Lipinski definition) is 4. The first-order valence-electron chi connectivity index (χ1n) is 6.41. The number of aromatic nitrogens is 1. The van der Waals surface area contributed by atoms with Crippen molar-refractivity contribution in [3.63, 3.8) is 0 Å². The van der Waals surface area contributed by atoms with Crippen molar-refractivity contribution >= 4 is 11.8 Å². The number of amides is 2. The molecular weight excluding hydrogens is 244 g/mol. The summed E-state index contributed by atoms with van der Waals surface area (Å²) >= 11 is 0. The van der Waals surface area contributed by atoms with Crippen LogP contribution >= 0.6 is 0 Å². The van der Waals surface area contributed by atoms with Gasteiger partial charge in [-0.2, -0.15) is 0 Å². The van der Waals surface area contributed by atoms with Gasteiger partial charge in [-0.3, -0.25) is 14.6 Å². The molecule has 1 unspecified atom stereocenters. The number of nitrogens with one attached hydrogen (secondary N) is 1. The average molecular weight is 260 g/mol. The predicted molar refractivity (Wildman–Crippen MR) is 68.0 cm³/mol. The van der Waals surface area contributed by atoms with Crippen molar-refractivity contribution in [3.8, 4) is 0 Å². The van der Waals surface area contributed by atoms with E-state index >= 15 is 0 Å². The van der Waals surface area contributed by atoms with Crippen LogP contribution in [-0.4, -0.2) is 58.8 Å². The van der Waals surface area contributed by atoms with E-state index < -0.39 is 0 Å². The number of rotatable bonds is 2. The molecule has 1 aromatic rings. The first-order chi connectivity index (χ1) is 9.24. The molecule has 6 nitrogen and oxygen atoms in total. The third-order valence-corrected chi connectivity index (χ3v) is 3.63. The summed E-state index contributed by atoms with van der Waals surface area (Å²) < 4.78 is 0. The molecule has 100 valence electrons. The normalized spacial score (nSPS) is 23.5. The lowest BCUT2D eigenvalue weighted by Crippen LogP contribution is -2.64. The number of hydrogen-bond donors (Lipinski definition) is 1. The molecule has 1 N–H and O–H groups in total. The molecule has 0 aromatic carbocycles. The lowest BCUT2D eigenvalue weighted by atomic mass is 10.1. The second-order valence-electron chi connectivity index (χ2n) is 4.94. The third-order valence-electron chi connectivity index (χ3n) is 3.63. The number of carbonyl (C=O) groups is 2. The molecule has 0 radical (unpaired) electrons. The van der Waals surface area contributed by atoms with Crippen LogP contribution in [0.25, 0.3) is 0 Å². The molecule has 0 saturated carbocycles. The van der Waals surface area contributed by atoms with Crippen molar-refractivity contribution in [2.75, 3.05) is 26.2 Å². The summed E-state index contributed by atoms with van der Waals surface area (Å²) in [5, 5.41) is 3.09. The van der Waals surface area contributed by atoms with E-state index in [0.29, 0.717) is 19.6 Å². The Bertz CT molecular complexity index is 491. The van der Waals surface area contributed by atoms with Gasteiger partial charge in [-0.05, 0) is 17.7 Å². The molecule has 2 aliphatic heterocycles. The van der Waals surface area contributed by atoms with Crippen molar-refractivity contribution in [1.82, 2.24) is 20.1 Å². The highest BCUT2D eigenvalue weighted by atomic mass is 16.2. The first kappa shape index (κ1) is 12.1. The van der Waals surface area contributed by atoms with E-state index in [2.05, 4.69) is 10.3 Å². The topological polar surface area (TPSA) is 65.5 Å². The fraction of sp³-hybridized carbons (Fsp3) is 0.462. The van der Waals surface area contributed by atoms with Gasteiger partial charge in [0.15, 0.2) is 0 Å². The molecule has 0 bridgehead atoms. The van der Waals surface area contributed by atoms with Crippen molar-refractivity contribution in [2.45, 2.75) is 12.6 Å². The van der Waals surface area contributed by atoms with E-state index in [-0.39, 0.29) is 24.4 Å². The molecule has 2 fully saturated rings. The zero-order chi connectivity index (χ0) is 13.2. The average Bonchev–Trinajstić information content (AvgIpc) is 2.42. The monoisotopic (exact) mass is 260 g/mol. The molecule has 0 aliphatic carbocycles. The van der Waals surface area contributed by atoms with Crippen LogP contribution in [0.4, 0.5) is 0 Å². The van der Waals surface area contributed by atoms with Gasteiger partial charge in [-0.1, -0.05) is 0 Å². The van der Waals surface area contributed by atoms with E-state index in [4.69, 9.17) is 0 Å². The number of fused-ring (bicyclic) bond motifs is 1. The quantitative estimate of drug-likeness (QED) is 0.758. The molecule has 1 atom stereocenters. The van der Waals surface area contributed by atoms with Gasteiger partial charge < -0.3 is 15.1 Å². The lowest BCUT2D eigenvalue weighted by Gasteiger charge is -2.43. The molecule has 19 heavy (non-hydrogen) atoms. The van der Waals surface area contributed by atoms with Gasteiger partial charge in [-0.25, -0.2) is 0 Å². The smallest absolute Gasteiger partial charge is 0.242 e. The molecule has 6 heteroatoms. The molecule has 3 heterocycles. The highest BCUT2D eigenvalue weighted by Gasteiger charge is 2.36. The molecular formula is C13H16N4O2. The zero-order valence-electron chi connectivity index (χ0n) is 10.6. The molecule has 2 amide bonds. The SMILES string of the molecule is O=C1CN2C(=O)CNCC2CN1Cc1ccncc1. The highest BCUT2D eigenvalue weighted by molar-refractivity contribution is 5.87. The van der Waals surface area contributed by atoms with Crippen LogP contribution in [0.1, 0.15) is 5.56 Å². The van der Waals surface area contributed by atoms with Crippen LogP contribution in [0.5, 0.6) is 0 Å². The molecule has 0 spiro atoms. The largest absolute Gasteiger partial charge is 0.335 e. The highest BCUT2D eigenvalue weighted by Crippen LogP contribution is 2.15. The van der Waals surface area contributed by atoms with E-state index in [1.165, 1.54) is 0 Å². The first-order valence-corrected chi connectivity index (χ1v) is 6.41. The maximum absolute atomic E-state index is 12.1. The van der Waals surface area contributed by atoms with E-state index in [1.54, 1.807) is 17.3 Å². The van der Waals surface area contributed by atoms with Gasteiger partial charge in [0.2, 0.25) is 11.8 Å². The van der Waals surface area contributed by atoms with Gasteiger partial charge >= 0.3 is 0 Å². The minimum atomic E-state index is 0.0170. The second-order valence-corrected chi connectivity index (χ2v) is 4.94. The fourth-order valence-electron chi connectivity index (χ4n) is 2.60. The minimum Gasteiger partial charge on any atom is -0.335 e. The Balaban J connectivity index is 1.71. The molecule has 3 rings (SSSR count). The van der Waals surface area contributed by atoms with Gasteiger partial charge in [0.05, 0.1) is 12.6 Å². The standard InChI is InChI=1S/C13H16N4O2/c18-12-6-15-5-11-8-16(13(19)9-17(11)12)7-10-1-3-14-4-2-10/h1-4,11,15H,5-9H2. The number of carbonyl (C=O) groups excluding carboxylic acids is 2. The summed E-state index contributed by atoms with van der Waals surface area (Å²) in [6, 6.07) is 3.91. The molecule has 1 aromatic heterocycles. The Morgan fingerprint density at radius 3 is 2.84 bits per heavy atom. The van der Waals surface area contributed by atoms with Crippen LogP contribution < -0.4 is 5.32 Å². The number of pyridine rings is 1. The Labute approximate surface area is 111 Å². The van der Waals surface area contributed by atoms with Gasteiger partial charge in [-0.15, -0.1) is 0 Å². The summed E-state index contributed by atoms with van der Waals surface area (Å²) in [6.07, 6.45) is 3.45. The van der Waals surface area contributed by atoms with Crippen LogP contribution in [-0.2, 0) is 16.1 Å². The van der Waals surface area contributed by atoms with Crippen LogP contribution in [0.15, 0.2) is 24.5 Å².